The van der Waals surface area contributed by atoms with Crippen LogP contribution in [0, 0.1) is 0 Å². The van der Waals surface area contributed by atoms with Crippen molar-refractivity contribution in [3.05, 3.63) is 58.5 Å². The molecule has 2 aliphatic rings. The number of hydrogen-bond acceptors (Lipinski definition) is 3. The first-order chi connectivity index (χ1) is 13.6. The maximum absolute atomic E-state index is 12.4. The van der Waals surface area contributed by atoms with Gasteiger partial charge in [-0.3, -0.25) is 9.79 Å². The van der Waals surface area contributed by atoms with Gasteiger partial charge in [-0.1, -0.05) is 34.1 Å². The van der Waals surface area contributed by atoms with Crippen molar-refractivity contribution in [2.24, 2.45) is 4.99 Å². The highest BCUT2D eigenvalue weighted by Gasteiger charge is 2.45. The van der Waals surface area contributed by atoms with Crippen LogP contribution in [0.25, 0.3) is 0 Å². The predicted molar refractivity (Wildman–Crippen MR) is 128 cm³/mol. The Kier molecular flexibility index (Phi) is 7.26. The van der Waals surface area contributed by atoms with Crippen molar-refractivity contribution < 1.29 is 9.21 Å². The largest absolute Gasteiger partial charge is 0.459 e. The SMILES string of the molecule is CN=C(NCC1(c2ccccc2Br)CC1)N1CCN(C(=O)c2ccco2)CC1.I. The molecule has 2 aromatic rings. The van der Waals surface area contributed by atoms with Crippen LogP contribution in [0.2, 0.25) is 0 Å². The number of carbonyl (C=O) groups excluding carboxylic acids is 1. The van der Waals surface area contributed by atoms with Gasteiger partial charge < -0.3 is 19.5 Å². The molecule has 6 nitrogen and oxygen atoms in total. The summed E-state index contributed by atoms with van der Waals surface area (Å²) in [6.07, 6.45) is 3.91. The van der Waals surface area contributed by atoms with Crippen LogP contribution in [-0.4, -0.2) is 61.4 Å². The second-order valence-corrected chi connectivity index (χ2v) is 8.27. The van der Waals surface area contributed by atoms with Crippen LogP contribution in [0.3, 0.4) is 0 Å². The normalized spacial score (nSPS) is 18.2. The fourth-order valence-corrected chi connectivity index (χ4v) is 4.55. The summed E-state index contributed by atoms with van der Waals surface area (Å²) >= 11 is 3.70. The fourth-order valence-electron chi connectivity index (χ4n) is 3.84. The number of rotatable bonds is 4. The van der Waals surface area contributed by atoms with Gasteiger partial charge in [0.1, 0.15) is 0 Å². The lowest BCUT2D eigenvalue weighted by Crippen LogP contribution is -2.54. The first-order valence-electron chi connectivity index (χ1n) is 9.66. The van der Waals surface area contributed by atoms with Gasteiger partial charge in [0.2, 0.25) is 0 Å². The molecule has 1 aliphatic carbocycles. The second kappa shape index (κ2) is 9.51. The van der Waals surface area contributed by atoms with Crippen LogP contribution in [0.15, 0.2) is 56.5 Å². The van der Waals surface area contributed by atoms with Crippen LogP contribution < -0.4 is 5.32 Å². The fraction of sp³-hybridized carbons (Fsp3) is 0.429. The molecule has 4 rings (SSSR count). The van der Waals surface area contributed by atoms with Crippen molar-refractivity contribution >= 4 is 51.8 Å². The van der Waals surface area contributed by atoms with E-state index in [0.717, 1.165) is 25.6 Å². The average Bonchev–Trinajstić information content (AvgIpc) is 3.30. The monoisotopic (exact) mass is 572 g/mol. The molecule has 8 heteroatoms. The van der Waals surface area contributed by atoms with Gasteiger partial charge in [0, 0.05) is 49.7 Å². The molecule has 0 atom stereocenters. The van der Waals surface area contributed by atoms with E-state index in [2.05, 4.69) is 55.4 Å². The molecule has 2 fully saturated rings. The molecule has 0 spiro atoms. The summed E-state index contributed by atoms with van der Waals surface area (Å²) in [5, 5.41) is 3.57. The van der Waals surface area contributed by atoms with E-state index in [1.165, 1.54) is 29.1 Å². The third-order valence-corrected chi connectivity index (χ3v) is 6.39. The standard InChI is InChI=1S/C21H25BrN4O2.HI/c1-23-20(24-15-21(8-9-21)16-5-2-3-6-17(16)22)26-12-10-25(11-13-26)19(27)18-7-4-14-28-18;/h2-7,14H,8-13,15H2,1H3,(H,23,24);1H. The molecular formula is C21H26BrIN4O2. The maximum Gasteiger partial charge on any atom is 0.289 e. The van der Waals surface area contributed by atoms with Gasteiger partial charge in [-0.15, -0.1) is 24.0 Å². The molecule has 1 amide bonds. The molecule has 29 heavy (non-hydrogen) atoms. The molecule has 0 bridgehead atoms. The van der Waals surface area contributed by atoms with E-state index in [9.17, 15) is 4.79 Å². The molecule has 1 saturated carbocycles. The van der Waals surface area contributed by atoms with Crippen molar-refractivity contribution in [2.45, 2.75) is 18.3 Å². The van der Waals surface area contributed by atoms with Gasteiger partial charge in [-0.05, 0) is 36.6 Å². The van der Waals surface area contributed by atoms with E-state index in [0.29, 0.717) is 18.8 Å². The molecule has 2 heterocycles. The molecule has 1 aromatic heterocycles. The Morgan fingerprint density at radius 3 is 2.41 bits per heavy atom. The quantitative estimate of drug-likeness (QED) is 0.345. The van der Waals surface area contributed by atoms with E-state index in [-0.39, 0.29) is 35.3 Å². The van der Waals surface area contributed by atoms with Crippen LogP contribution in [0.5, 0.6) is 0 Å². The number of nitrogens with zero attached hydrogens (tertiary/aromatic N) is 3. The summed E-state index contributed by atoms with van der Waals surface area (Å²) in [6, 6.07) is 11.9. The van der Waals surface area contributed by atoms with Gasteiger partial charge in [0.05, 0.1) is 6.26 Å². The number of benzene rings is 1. The minimum Gasteiger partial charge on any atom is -0.459 e. The minimum absolute atomic E-state index is 0. The van der Waals surface area contributed by atoms with Crippen molar-refractivity contribution in [1.29, 1.82) is 0 Å². The maximum atomic E-state index is 12.4. The molecule has 1 N–H and O–H groups in total. The van der Waals surface area contributed by atoms with Gasteiger partial charge in [0.25, 0.3) is 5.91 Å². The Balaban J connectivity index is 0.00000240. The molecular weight excluding hydrogens is 547 g/mol. The molecule has 1 saturated heterocycles. The molecule has 1 aliphatic heterocycles. The van der Waals surface area contributed by atoms with Gasteiger partial charge >= 0.3 is 0 Å². The van der Waals surface area contributed by atoms with E-state index in [4.69, 9.17) is 4.42 Å². The lowest BCUT2D eigenvalue weighted by molar-refractivity contribution is 0.0657. The summed E-state index contributed by atoms with van der Waals surface area (Å²) in [6.45, 7) is 3.71. The number of carbonyl (C=O) groups is 1. The van der Waals surface area contributed by atoms with Crippen LogP contribution in [-0.2, 0) is 5.41 Å². The number of guanidine groups is 1. The number of aliphatic imine (C=N–C) groups is 1. The van der Waals surface area contributed by atoms with Crippen molar-refractivity contribution in [1.82, 2.24) is 15.1 Å². The third-order valence-electron chi connectivity index (χ3n) is 5.69. The molecule has 156 valence electrons. The highest BCUT2D eigenvalue weighted by Crippen LogP contribution is 2.49. The van der Waals surface area contributed by atoms with Crippen LogP contribution in [0.1, 0.15) is 29.0 Å². The summed E-state index contributed by atoms with van der Waals surface area (Å²) in [5.74, 6) is 1.27. The summed E-state index contributed by atoms with van der Waals surface area (Å²) in [4.78, 5) is 21.0. The number of piperazine rings is 1. The molecule has 1 aromatic carbocycles. The highest BCUT2D eigenvalue weighted by molar-refractivity contribution is 14.0. The first-order valence-corrected chi connectivity index (χ1v) is 10.5. The molecule has 0 unspecified atom stereocenters. The van der Waals surface area contributed by atoms with E-state index in [1.54, 1.807) is 12.1 Å². The van der Waals surface area contributed by atoms with Gasteiger partial charge in [0.15, 0.2) is 11.7 Å². The predicted octanol–water partition coefficient (Wildman–Crippen LogP) is 3.73. The number of amides is 1. The molecule has 0 radical (unpaired) electrons. The average molecular weight is 573 g/mol. The topological polar surface area (TPSA) is 61.1 Å². The van der Waals surface area contributed by atoms with Crippen molar-refractivity contribution in [3.8, 4) is 0 Å². The first kappa shape index (κ1) is 22.1. The van der Waals surface area contributed by atoms with E-state index >= 15 is 0 Å². The summed E-state index contributed by atoms with van der Waals surface area (Å²) in [7, 11) is 1.82. The lowest BCUT2D eigenvalue weighted by Gasteiger charge is -2.36. The minimum atomic E-state index is -0.0431. The van der Waals surface area contributed by atoms with E-state index in [1.807, 2.05) is 11.9 Å². The zero-order valence-corrected chi connectivity index (χ0v) is 20.4. The Morgan fingerprint density at radius 2 is 1.83 bits per heavy atom. The Bertz CT molecular complexity index is 859. The Morgan fingerprint density at radius 1 is 1.14 bits per heavy atom. The number of nitrogens with one attached hydrogen (secondary N) is 1. The second-order valence-electron chi connectivity index (χ2n) is 7.42. The van der Waals surface area contributed by atoms with Crippen LogP contribution >= 0.6 is 39.9 Å². The zero-order chi connectivity index (χ0) is 19.6. The third kappa shape index (κ3) is 4.79. The Labute approximate surface area is 196 Å². The van der Waals surface area contributed by atoms with E-state index < -0.39 is 0 Å². The number of furan rings is 1. The lowest BCUT2D eigenvalue weighted by atomic mass is 9.96. The smallest absolute Gasteiger partial charge is 0.289 e. The van der Waals surface area contributed by atoms with Gasteiger partial charge in [-0.2, -0.15) is 0 Å². The van der Waals surface area contributed by atoms with Crippen molar-refractivity contribution in [2.75, 3.05) is 39.8 Å². The highest BCUT2D eigenvalue weighted by atomic mass is 127. The summed E-state index contributed by atoms with van der Waals surface area (Å²) in [5.41, 5.74) is 1.56. The Hall–Kier alpha value is -1.55. The summed E-state index contributed by atoms with van der Waals surface area (Å²) < 4.78 is 6.41. The van der Waals surface area contributed by atoms with Crippen LogP contribution in [0.4, 0.5) is 0 Å². The van der Waals surface area contributed by atoms with Gasteiger partial charge in [-0.25, -0.2) is 0 Å². The van der Waals surface area contributed by atoms with Crippen molar-refractivity contribution in [3.63, 3.8) is 0 Å². The number of hydrogen-bond donors (Lipinski definition) is 1. The zero-order valence-electron chi connectivity index (χ0n) is 16.4. The number of halogens is 2.